The lowest BCUT2D eigenvalue weighted by atomic mass is 9.91. The van der Waals surface area contributed by atoms with Crippen molar-refractivity contribution in [3.05, 3.63) is 34.4 Å². The van der Waals surface area contributed by atoms with Crippen LogP contribution < -0.4 is 0 Å². The molecule has 0 aromatic rings. The Hall–Kier alpha value is -1.35. The van der Waals surface area contributed by atoms with Gasteiger partial charge in [0.2, 0.25) is 5.79 Å². The van der Waals surface area contributed by atoms with Gasteiger partial charge in [-0.2, -0.15) is 0 Å². The Balaban J connectivity index is 2.41. The predicted molar refractivity (Wildman–Crippen MR) is 69.7 cm³/mol. The van der Waals surface area contributed by atoms with E-state index in [9.17, 15) is 9.90 Å². The first-order chi connectivity index (χ1) is 8.42. The average Bonchev–Trinajstić information content (AvgIpc) is 2.47. The number of rotatable bonds is 0. The van der Waals surface area contributed by atoms with Gasteiger partial charge < -0.3 is 9.84 Å². The maximum atomic E-state index is 11.6. The van der Waals surface area contributed by atoms with Crippen LogP contribution in [-0.4, -0.2) is 16.9 Å². The molecule has 1 N–H and O–H groups in total. The summed E-state index contributed by atoms with van der Waals surface area (Å²) in [6.07, 6.45) is 7.15. The minimum atomic E-state index is -1.43. The highest BCUT2D eigenvalue weighted by Crippen LogP contribution is 2.38. The van der Waals surface area contributed by atoms with Crippen molar-refractivity contribution in [2.45, 2.75) is 52.2 Å². The van der Waals surface area contributed by atoms with Crippen LogP contribution >= 0.6 is 0 Å². The van der Waals surface area contributed by atoms with Gasteiger partial charge in [0.25, 0.3) is 0 Å². The number of ether oxygens (including phenoxy) is 1. The monoisotopic (exact) mass is 248 g/mol. The fourth-order valence-electron chi connectivity index (χ4n) is 2.54. The Bertz CT molecular complexity index is 468. The molecule has 2 rings (SSSR count). The second-order valence-corrected chi connectivity index (χ2v) is 5.30. The Labute approximate surface area is 108 Å². The van der Waals surface area contributed by atoms with Gasteiger partial charge >= 0.3 is 5.97 Å². The smallest absolute Gasteiger partial charge is 0.336 e. The van der Waals surface area contributed by atoms with Gasteiger partial charge in [-0.25, -0.2) is 4.79 Å². The lowest BCUT2D eigenvalue weighted by molar-refractivity contribution is -0.181. The maximum absolute atomic E-state index is 11.6. The summed E-state index contributed by atoms with van der Waals surface area (Å²) in [5.74, 6) is -1.83. The third-order valence-corrected chi connectivity index (χ3v) is 3.70. The topological polar surface area (TPSA) is 46.5 Å². The molecule has 1 atom stereocenters. The molecule has 2 aliphatic rings. The van der Waals surface area contributed by atoms with E-state index in [2.05, 4.69) is 19.1 Å². The Kier molecular flexibility index (Phi) is 3.44. The molecule has 0 bridgehead atoms. The summed E-state index contributed by atoms with van der Waals surface area (Å²) in [4.78, 5) is 11.6. The lowest BCUT2D eigenvalue weighted by Gasteiger charge is -2.25. The number of carbonyl (C=O) groups excluding carboxylic acids is 1. The zero-order valence-electron chi connectivity index (χ0n) is 11.2. The van der Waals surface area contributed by atoms with Gasteiger partial charge in [0.05, 0.1) is 0 Å². The first-order valence-electron chi connectivity index (χ1n) is 6.39. The van der Waals surface area contributed by atoms with E-state index < -0.39 is 11.8 Å². The third kappa shape index (κ3) is 2.41. The van der Waals surface area contributed by atoms with Gasteiger partial charge in [0.15, 0.2) is 0 Å². The molecule has 0 unspecified atom stereocenters. The van der Waals surface area contributed by atoms with E-state index in [4.69, 9.17) is 4.74 Å². The Morgan fingerprint density at radius 2 is 1.94 bits per heavy atom. The van der Waals surface area contributed by atoms with E-state index in [-0.39, 0.29) is 0 Å². The molecular weight excluding hydrogens is 228 g/mol. The van der Waals surface area contributed by atoms with E-state index >= 15 is 0 Å². The molecule has 0 aromatic heterocycles. The quantitative estimate of drug-likeness (QED) is 0.529. The largest absolute Gasteiger partial charge is 0.425 e. The van der Waals surface area contributed by atoms with Crippen LogP contribution in [0.1, 0.15) is 46.5 Å². The van der Waals surface area contributed by atoms with Crippen LogP contribution in [0.2, 0.25) is 0 Å². The number of hydrogen-bond donors (Lipinski definition) is 1. The summed E-state index contributed by atoms with van der Waals surface area (Å²) < 4.78 is 5.18. The van der Waals surface area contributed by atoms with Crippen LogP contribution in [0.5, 0.6) is 0 Å². The van der Waals surface area contributed by atoms with Crippen LogP contribution in [0.3, 0.4) is 0 Å². The Morgan fingerprint density at radius 1 is 1.22 bits per heavy atom. The maximum Gasteiger partial charge on any atom is 0.336 e. The zero-order chi connectivity index (χ0) is 13.3. The minimum absolute atomic E-state index is 0.373. The molecule has 0 amide bonds. The normalized spacial score (nSPS) is 35.2. The molecule has 1 aliphatic carbocycles. The van der Waals surface area contributed by atoms with E-state index in [1.165, 1.54) is 5.57 Å². The molecule has 1 aliphatic heterocycles. The van der Waals surface area contributed by atoms with Crippen LogP contribution in [0.25, 0.3) is 0 Å². The number of hydrogen-bond acceptors (Lipinski definition) is 3. The second kappa shape index (κ2) is 4.73. The molecule has 3 heteroatoms. The molecule has 0 fully saturated rings. The highest BCUT2D eigenvalue weighted by atomic mass is 16.7. The van der Waals surface area contributed by atoms with E-state index in [0.717, 1.165) is 18.4 Å². The van der Waals surface area contributed by atoms with Crippen molar-refractivity contribution < 1.29 is 14.6 Å². The van der Waals surface area contributed by atoms with Gasteiger partial charge in [-0.1, -0.05) is 23.3 Å². The first-order valence-corrected chi connectivity index (χ1v) is 6.39. The first kappa shape index (κ1) is 13.1. The molecular formula is C15H20O3. The predicted octanol–water partition coefficient (Wildman–Crippen LogP) is 3.01. The molecule has 1 heterocycles. The van der Waals surface area contributed by atoms with Crippen LogP contribution in [0, 0.1) is 0 Å². The van der Waals surface area contributed by atoms with Gasteiger partial charge in [0, 0.05) is 17.6 Å². The summed E-state index contributed by atoms with van der Waals surface area (Å²) in [6, 6.07) is 0. The van der Waals surface area contributed by atoms with Crippen LogP contribution in [0.15, 0.2) is 34.4 Å². The third-order valence-electron chi connectivity index (χ3n) is 3.70. The van der Waals surface area contributed by atoms with Gasteiger partial charge in [0.1, 0.15) is 0 Å². The highest BCUT2D eigenvalue weighted by Gasteiger charge is 2.44. The molecule has 0 saturated carbocycles. The molecule has 3 nitrogen and oxygen atoms in total. The summed E-state index contributed by atoms with van der Waals surface area (Å²) in [7, 11) is 0. The summed E-state index contributed by atoms with van der Waals surface area (Å²) in [5, 5.41) is 10.6. The van der Waals surface area contributed by atoms with Crippen molar-refractivity contribution in [3.63, 3.8) is 0 Å². The van der Waals surface area contributed by atoms with Crippen LogP contribution in [0.4, 0.5) is 0 Å². The zero-order valence-corrected chi connectivity index (χ0v) is 11.2. The Morgan fingerprint density at radius 3 is 2.67 bits per heavy atom. The van der Waals surface area contributed by atoms with Gasteiger partial charge in [-0.15, -0.1) is 0 Å². The standard InChI is InChI=1S/C15H20O3/c1-10-5-4-6-11(2)9-15(17)13(8-7-10)12(3)14(16)18-15/h6-7,17H,4-5,8-9H2,1-3H3/b10-7+,11-6+/t15-/m0/s1. The van der Waals surface area contributed by atoms with E-state index in [0.29, 0.717) is 24.0 Å². The number of esters is 1. The van der Waals surface area contributed by atoms with E-state index in [1.807, 2.05) is 6.92 Å². The van der Waals surface area contributed by atoms with Crippen LogP contribution in [-0.2, 0) is 9.53 Å². The van der Waals surface area contributed by atoms with E-state index in [1.54, 1.807) is 6.92 Å². The SMILES string of the molecule is CC1=C2C/C=C(\C)CC/C=C(\C)C[C@]2(O)OC1=O. The van der Waals surface area contributed by atoms with Crippen molar-refractivity contribution in [2.24, 2.45) is 0 Å². The molecule has 0 aromatic carbocycles. The van der Waals surface area contributed by atoms with Crippen molar-refractivity contribution in [1.29, 1.82) is 0 Å². The number of aliphatic hydroxyl groups is 1. The van der Waals surface area contributed by atoms with Crippen molar-refractivity contribution in [3.8, 4) is 0 Å². The molecule has 0 saturated heterocycles. The molecule has 0 spiro atoms. The average molecular weight is 248 g/mol. The second-order valence-electron chi connectivity index (χ2n) is 5.30. The molecule has 18 heavy (non-hydrogen) atoms. The van der Waals surface area contributed by atoms with Gasteiger partial charge in [-0.3, -0.25) is 0 Å². The fraction of sp³-hybridized carbons (Fsp3) is 0.533. The minimum Gasteiger partial charge on any atom is -0.425 e. The van der Waals surface area contributed by atoms with Crippen molar-refractivity contribution in [1.82, 2.24) is 0 Å². The lowest BCUT2D eigenvalue weighted by Crippen LogP contribution is -2.32. The summed E-state index contributed by atoms with van der Waals surface area (Å²) in [5.41, 5.74) is 3.60. The molecule has 0 radical (unpaired) electrons. The van der Waals surface area contributed by atoms with Crippen molar-refractivity contribution in [2.75, 3.05) is 0 Å². The number of fused-ring (bicyclic) bond motifs is 1. The van der Waals surface area contributed by atoms with Crippen molar-refractivity contribution >= 4 is 5.97 Å². The summed E-state index contributed by atoms with van der Waals surface area (Å²) in [6.45, 7) is 5.78. The highest BCUT2D eigenvalue weighted by molar-refractivity contribution is 5.92. The van der Waals surface area contributed by atoms with Gasteiger partial charge in [-0.05, 0) is 40.0 Å². The summed E-state index contributed by atoms with van der Waals surface area (Å²) >= 11 is 0. The number of allylic oxidation sites excluding steroid dienone is 3. The molecule has 98 valence electrons. The fourth-order valence-corrected chi connectivity index (χ4v) is 2.54. The number of carbonyl (C=O) groups is 1.